The summed E-state index contributed by atoms with van der Waals surface area (Å²) in [6.45, 7) is 8.17. The van der Waals surface area contributed by atoms with Crippen LogP contribution in [-0.2, 0) is 44.9 Å². The molecular formula is C21H32N2O4. The molecule has 27 heavy (non-hydrogen) atoms. The Kier molecular flexibility index (Phi) is 6.08. The molecule has 1 amide bonds. The van der Waals surface area contributed by atoms with Crippen molar-refractivity contribution in [1.29, 1.82) is 0 Å². The van der Waals surface area contributed by atoms with E-state index in [9.17, 15) is 4.79 Å². The van der Waals surface area contributed by atoms with E-state index in [4.69, 9.17) is 19.9 Å². The number of nitrogens with two attached hydrogens (primary N) is 1. The van der Waals surface area contributed by atoms with E-state index in [0.29, 0.717) is 19.6 Å². The molecule has 3 N–H and O–H groups in total. The second-order valence-electron chi connectivity index (χ2n) is 8.38. The van der Waals surface area contributed by atoms with E-state index in [-0.39, 0.29) is 24.7 Å². The standard InChI is InChI=1S/C21H32N2O4/c1-13(2)18(11-27-12-25-4)23-20(24)21(3)8-15-7-14-5-6-26-10-17(14)19(22)16(15)9-21/h7,13,18H,5-6,8-12,22H2,1-4H3,(H,23,24)/t18-,21+/m1/s1. The van der Waals surface area contributed by atoms with E-state index < -0.39 is 5.41 Å². The van der Waals surface area contributed by atoms with Gasteiger partial charge in [0.1, 0.15) is 6.79 Å². The Labute approximate surface area is 161 Å². The lowest BCUT2D eigenvalue weighted by Crippen LogP contribution is -2.48. The highest BCUT2D eigenvalue weighted by molar-refractivity contribution is 5.85. The van der Waals surface area contributed by atoms with Crippen molar-refractivity contribution in [3.63, 3.8) is 0 Å². The molecule has 6 heteroatoms. The minimum Gasteiger partial charge on any atom is -0.398 e. The molecule has 0 saturated carbocycles. The number of carbonyl (C=O) groups is 1. The first-order valence-corrected chi connectivity index (χ1v) is 9.73. The lowest BCUT2D eigenvalue weighted by molar-refractivity contribution is -0.132. The SMILES string of the molecule is COCOC[C@@H](NC(=O)[C@@]1(C)Cc2cc3c(c(N)c2C1)COCC3)C(C)C. The van der Waals surface area contributed by atoms with Crippen LogP contribution in [0.25, 0.3) is 0 Å². The van der Waals surface area contributed by atoms with Crippen molar-refractivity contribution < 1.29 is 19.0 Å². The Morgan fingerprint density at radius 3 is 2.81 bits per heavy atom. The quantitative estimate of drug-likeness (QED) is 0.433. The average Bonchev–Trinajstić information content (AvgIpc) is 2.99. The van der Waals surface area contributed by atoms with Gasteiger partial charge in [-0.15, -0.1) is 0 Å². The third-order valence-corrected chi connectivity index (χ3v) is 5.85. The summed E-state index contributed by atoms with van der Waals surface area (Å²) in [5.74, 6) is 0.333. The van der Waals surface area contributed by atoms with Gasteiger partial charge < -0.3 is 25.3 Å². The molecule has 0 aromatic heterocycles. The normalized spacial score (nSPS) is 22.4. The van der Waals surface area contributed by atoms with Crippen LogP contribution in [0.4, 0.5) is 5.69 Å². The monoisotopic (exact) mass is 376 g/mol. The molecule has 1 aromatic rings. The number of amides is 1. The number of ether oxygens (including phenoxy) is 3. The summed E-state index contributed by atoms with van der Waals surface area (Å²) in [6, 6.07) is 2.19. The van der Waals surface area contributed by atoms with Crippen LogP contribution >= 0.6 is 0 Å². The number of anilines is 1. The zero-order valence-electron chi connectivity index (χ0n) is 16.9. The van der Waals surface area contributed by atoms with Gasteiger partial charge in [-0.1, -0.05) is 26.8 Å². The smallest absolute Gasteiger partial charge is 0.226 e. The maximum Gasteiger partial charge on any atom is 0.226 e. The average molecular weight is 376 g/mol. The van der Waals surface area contributed by atoms with Crippen molar-refractivity contribution in [2.24, 2.45) is 11.3 Å². The zero-order chi connectivity index (χ0) is 19.6. The third kappa shape index (κ3) is 4.13. The Morgan fingerprint density at radius 1 is 1.33 bits per heavy atom. The van der Waals surface area contributed by atoms with E-state index >= 15 is 0 Å². The van der Waals surface area contributed by atoms with Gasteiger partial charge in [-0.2, -0.15) is 0 Å². The number of hydrogen-bond acceptors (Lipinski definition) is 5. The second kappa shape index (κ2) is 8.17. The summed E-state index contributed by atoms with van der Waals surface area (Å²) >= 11 is 0. The van der Waals surface area contributed by atoms with Gasteiger partial charge in [0.15, 0.2) is 0 Å². The van der Waals surface area contributed by atoms with Gasteiger partial charge in [0, 0.05) is 18.4 Å². The van der Waals surface area contributed by atoms with Gasteiger partial charge in [0.2, 0.25) is 5.91 Å². The van der Waals surface area contributed by atoms with Crippen LogP contribution in [-0.4, -0.2) is 39.1 Å². The predicted molar refractivity (Wildman–Crippen MR) is 104 cm³/mol. The number of fused-ring (bicyclic) bond motifs is 2. The number of benzene rings is 1. The Bertz CT molecular complexity index is 704. The van der Waals surface area contributed by atoms with Crippen molar-refractivity contribution >= 4 is 11.6 Å². The minimum absolute atomic E-state index is 0.0489. The first kappa shape index (κ1) is 20.1. The third-order valence-electron chi connectivity index (χ3n) is 5.85. The molecule has 0 spiro atoms. The largest absolute Gasteiger partial charge is 0.398 e. The highest BCUT2D eigenvalue weighted by Crippen LogP contribution is 2.43. The van der Waals surface area contributed by atoms with Gasteiger partial charge in [0.05, 0.1) is 31.3 Å². The minimum atomic E-state index is -0.490. The summed E-state index contributed by atoms with van der Waals surface area (Å²) in [5.41, 5.74) is 11.5. The Hall–Kier alpha value is -1.63. The molecule has 3 rings (SSSR count). The lowest BCUT2D eigenvalue weighted by Gasteiger charge is -2.29. The Balaban J connectivity index is 1.74. The summed E-state index contributed by atoms with van der Waals surface area (Å²) in [6.07, 6.45) is 2.27. The van der Waals surface area contributed by atoms with Crippen molar-refractivity contribution in [2.45, 2.75) is 52.7 Å². The number of carbonyl (C=O) groups excluding carboxylic acids is 1. The van der Waals surface area contributed by atoms with E-state index in [2.05, 4.69) is 25.2 Å². The van der Waals surface area contributed by atoms with E-state index in [1.54, 1.807) is 7.11 Å². The first-order valence-electron chi connectivity index (χ1n) is 9.73. The van der Waals surface area contributed by atoms with Crippen LogP contribution in [0, 0.1) is 11.3 Å². The zero-order valence-corrected chi connectivity index (χ0v) is 16.9. The van der Waals surface area contributed by atoms with Crippen molar-refractivity contribution in [1.82, 2.24) is 5.32 Å². The maximum atomic E-state index is 13.2. The number of methoxy groups -OCH3 is 1. The van der Waals surface area contributed by atoms with Crippen LogP contribution in [0.5, 0.6) is 0 Å². The van der Waals surface area contributed by atoms with Gasteiger partial charge in [-0.3, -0.25) is 4.79 Å². The fourth-order valence-corrected chi connectivity index (χ4v) is 4.06. The van der Waals surface area contributed by atoms with Gasteiger partial charge >= 0.3 is 0 Å². The molecule has 2 atom stereocenters. The van der Waals surface area contributed by atoms with Crippen molar-refractivity contribution in [2.75, 3.05) is 32.9 Å². The molecule has 0 saturated heterocycles. The fourth-order valence-electron chi connectivity index (χ4n) is 4.06. The van der Waals surface area contributed by atoms with Crippen molar-refractivity contribution in [3.05, 3.63) is 28.3 Å². The van der Waals surface area contributed by atoms with Gasteiger partial charge in [-0.25, -0.2) is 0 Å². The summed E-state index contributed by atoms with van der Waals surface area (Å²) in [7, 11) is 1.59. The summed E-state index contributed by atoms with van der Waals surface area (Å²) < 4.78 is 16.0. The Morgan fingerprint density at radius 2 is 2.11 bits per heavy atom. The van der Waals surface area contributed by atoms with E-state index in [1.807, 2.05) is 6.92 Å². The molecule has 1 aliphatic carbocycles. The molecule has 0 fully saturated rings. The predicted octanol–water partition coefficient (Wildman–Crippen LogP) is 2.21. The molecule has 0 radical (unpaired) electrons. The number of nitrogens with one attached hydrogen (secondary N) is 1. The van der Waals surface area contributed by atoms with Gasteiger partial charge in [-0.05, 0) is 41.9 Å². The first-order chi connectivity index (χ1) is 12.9. The van der Waals surface area contributed by atoms with Crippen LogP contribution in [0.1, 0.15) is 43.0 Å². The molecule has 150 valence electrons. The number of rotatable bonds is 7. The molecule has 0 bridgehead atoms. The van der Waals surface area contributed by atoms with Crippen LogP contribution in [0.3, 0.4) is 0 Å². The number of nitrogen functional groups attached to an aromatic ring is 1. The summed E-state index contributed by atoms with van der Waals surface area (Å²) in [4.78, 5) is 13.2. The van der Waals surface area contributed by atoms with Crippen molar-refractivity contribution in [3.8, 4) is 0 Å². The highest BCUT2D eigenvalue weighted by Gasteiger charge is 2.42. The second-order valence-corrected chi connectivity index (χ2v) is 8.38. The van der Waals surface area contributed by atoms with Gasteiger partial charge in [0.25, 0.3) is 0 Å². The van der Waals surface area contributed by atoms with E-state index in [0.717, 1.165) is 36.3 Å². The molecule has 2 aliphatic rings. The molecular weight excluding hydrogens is 344 g/mol. The molecule has 0 unspecified atom stereocenters. The molecule has 1 heterocycles. The topological polar surface area (TPSA) is 82.8 Å². The fraction of sp³-hybridized carbons (Fsp3) is 0.667. The van der Waals surface area contributed by atoms with Crippen LogP contribution in [0.15, 0.2) is 6.07 Å². The summed E-state index contributed by atoms with van der Waals surface area (Å²) in [5, 5.41) is 3.20. The molecule has 1 aromatic carbocycles. The highest BCUT2D eigenvalue weighted by atomic mass is 16.7. The molecule has 6 nitrogen and oxygen atoms in total. The van der Waals surface area contributed by atoms with Crippen LogP contribution in [0.2, 0.25) is 0 Å². The number of hydrogen-bond donors (Lipinski definition) is 2. The lowest BCUT2D eigenvalue weighted by atomic mass is 9.85. The maximum absolute atomic E-state index is 13.2. The van der Waals surface area contributed by atoms with Crippen LogP contribution < -0.4 is 11.1 Å². The van der Waals surface area contributed by atoms with E-state index in [1.165, 1.54) is 11.1 Å². The molecule has 1 aliphatic heterocycles.